The van der Waals surface area contributed by atoms with Gasteiger partial charge in [-0.25, -0.2) is 0 Å². The molecule has 2 heterocycles. The van der Waals surface area contributed by atoms with Crippen LogP contribution in [0.3, 0.4) is 0 Å². The Morgan fingerprint density at radius 1 is 1.23 bits per heavy atom. The van der Waals surface area contributed by atoms with Gasteiger partial charge in [-0.1, -0.05) is 0 Å². The second-order valence-electron chi connectivity index (χ2n) is 5.37. The molecule has 1 spiro atoms. The van der Waals surface area contributed by atoms with Gasteiger partial charge in [-0.2, -0.15) is 0 Å². The Morgan fingerprint density at radius 2 is 1.86 bits per heavy atom. The van der Waals surface area contributed by atoms with Gasteiger partial charge < -0.3 is 19.1 Å². The Kier molecular flexibility index (Phi) is 5.23. The highest BCUT2D eigenvalue weighted by molar-refractivity contribution is 8.22. The minimum atomic E-state index is -0.310. The van der Waals surface area contributed by atoms with Gasteiger partial charge in [0.05, 0.1) is 19.8 Å². The van der Waals surface area contributed by atoms with Crippen LogP contribution < -0.4 is 4.90 Å². The van der Waals surface area contributed by atoms with Gasteiger partial charge in [0.1, 0.15) is 0 Å². The molecule has 0 aliphatic carbocycles. The molecule has 6 heteroatoms. The van der Waals surface area contributed by atoms with Crippen LogP contribution in [0.2, 0.25) is 0 Å². The van der Waals surface area contributed by atoms with Gasteiger partial charge in [0.25, 0.3) is 0 Å². The van der Waals surface area contributed by atoms with Gasteiger partial charge in [0.15, 0.2) is 5.79 Å². The van der Waals surface area contributed by atoms with E-state index in [1.165, 1.54) is 17.4 Å². The first-order valence-electron chi connectivity index (χ1n) is 7.68. The van der Waals surface area contributed by atoms with Crippen molar-refractivity contribution in [2.24, 2.45) is 0 Å². The van der Waals surface area contributed by atoms with E-state index < -0.39 is 0 Å². The molecule has 0 saturated carbocycles. The number of thioether (sulfide) groups is 1. The first-order chi connectivity index (χ1) is 10.7. The number of anilines is 1. The van der Waals surface area contributed by atoms with Gasteiger partial charge in [-0.05, 0) is 55.2 Å². The van der Waals surface area contributed by atoms with Crippen LogP contribution in [0.15, 0.2) is 29.2 Å². The van der Waals surface area contributed by atoms with Crippen LogP contribution in [0.4, 0.5) is 5.69 Å². The van der Waals surface area contributed by atoms with Gasteiger partial charge >= 0.3 is 0 Å². The van der Waals surface area contributed by atoms with E-state index in [1.54, 1.807) is 0 Å². The summed E-state index contributed by atoms with van der Waals surface area (Å²) in [5.74, 6) is -0.310. The monoisotopic (exact) mass is 339 g/mol. The molecule has 2 aliphatic rings. The predicted molar refractivity (Wildman–Crippen MR) is 92.6 cm³/mol. The van der Waals surface area contributed by atoms with E-state index in [2.05, 4.69) is 29.2 Å². The number of benzene rings is 1. The molecule has 0 unspecified atom stereocenters. The average molecular weight is 339 g/mol. The topological polar surface area (TPSA) is 30.9 Å². The third kappa shape index (κ3) is 3.74. The van der Waals surface area contributed by atoms with Crippen LogP contribution in [0.1, 0.15) is 19.8 Å². The highest BCUT2D eigenvalue weighted by Gasteiger charge is 2.39. The van der Waals surface area contributed by atoms with Crippen molar-refractivity contribution in [3.05, 3.63) is 24.3 Å². The first-order valence-corrected chi connectivity index (χ1v) is 8.91. The van der Waals surface area contributed by atoms with Gasteiger partial charge in [0.2, 0.25) is 4.38 Å². The maximum atomic E-state index is 5.77. The fourth-order valence-corrected chi connectivity index (χ4v) is 3.91. The lowest BCUT2D eigenvalue weighted by Gasteiger charge is -2.38. The maximum Gasteiger partial charge on any atom is 0.224 e. The largest absolute Gasteiger partial charge is 0.479 e. The van der Waals surface area contributed by atoms with E-state index in [-0.39, 0.29) is 5.79 Å². The quantitative estimate of drug-likeness (QED) is 0.619. The molecule has 2 fully saturated rings. The molecule has 22 heavy (non-hydrogen) atoms. The van der Waals surface area contributed by atoms with Crippen molar-refractivity contribution in [2.75, 3.05) is 37.8 Å². The second-order valence-corrected chi connectivity index (χ2v) is 7.05. The predicted octanol–water partition coefficient (Wildman–Crippen LogP) is 3.44. The average Bonchev–Trinajstić information content (AvgIpc) is 2.97. The molecule has 0 radical (unpaired) electrons. The third-order valence-electron chi connectivity index (χ3n) is 4.00. The summed E-state index contributed by atoms with van der Waals surface area (Å²) in [6, 6.07) is 8.48. The van der Waals surface area contributed by atoms with E-state index in [0.717, 1.165) is 44.0 Å². The molecule has 2 saturated heterocycles. The summed E-state index contributed by atoms with van der Waals surface area (Å²) in [5, 5.41) is 0. The van der Waals surface area contributed by atoms with Crippen LogP contribution in [0.25, 0.3) is 0 Å². The number of hydrogen-bond donors (Lipinski definition) is 0. The van der Waals surface area contributed by atoms with Crippen molar-refractivity contribution >= 4 is 34.0 Å². The summed E-state index contributed by atoms with van der Waals surface area (Å²) in [6.45, 7) is 5.94. The lowest BCUT2D eigenvalue weighted by molar-refractivity contribution is -0.169. The Balaban J connectivity index is 1.56. The maximum absolute atomic E-state index is 5.77. The van der Waals surface area contributed by atoms with Crippen molar-refractivity contribution in [3.63, 3.8) is 0 Å². The molecule has 1 aromatic rings. The molecule has 4 nitrogen and oxygen atoms in total. The molecular weight excluding hydrogens is 318 g/mol. The molecule has 3 rings (SSSR count). The fourth-order valence-electron chi connectivity index (χ4n) is 2.86. The van der Waals surface area contributed by atoms with Crippen molar-refractivity contribution in [2.45, 2.75) is 30.4 Å². The molecule has 0 N–H and O–H groups in total. The number of ether oxygens (including phenoxy) is 3. The number of nitrogens with zero attached hydrogens (tertiary/aromatic N) is 1. The molecule has 0 aromatic heterocycles. The highest BCUT2D eigenvalue weighted by atomic mass is 32.2. The molecule has 1 aromatic carbocycles. The molecule has 0 atom stereocenters. The smallest absolute Gasteiger partial charge is 0.224 e. The number of hydrogen-bond acceptors (Lipinski definition) is 6. The summed E-state index contributed by atoms with van der Waals surface area (Å²) in [4.78, 5) is 3.49. The summed E-state index contributed by atoms with van der Waals surface area (Å²) in [6.07, 6.45) is 1.86. The first kappa shape index (κ1) is 16.1. The number of rotatable bonds is 3. The van der Waals surface area contributed by atoms with Crippen molar-refractivity contribution in [3.8, 4) is 0 Å². The lowest BCUT2D eigenvalue weighted by atomic mass is 10.0. The second kappa shape index (κ2) is 7.17. The van der Waals surface area contributed by atoms with Crippen LogP contribution in [-0.2, 0) is 14.2 Å². The zero-order valence-electron chi connectivity index (χ0n) is 12.7. The summed E-state index contributed by atoms with van der Waals surface area (Å²) in [5.41, 5.74) is 1.24. The number of thiocarbonyl (C=S) groups is 1. The Morgan fingerprint density at radius 3 is 2.45 bits per heavy atom. The molecule has 0 bridgehead atoms. The summed E-state index contributed by atoms with van der Waals surface area (Å²) in [7, 11) is 0. The zero-order valence-corrected chi connectivity index (χ0v) is 14.4. The van der Waals surface area contributed by atoms with Gasteiger partial charge in [-0.3, -0.25) is 0 Å². The molecule has 2 aliphatic heterocycles. The van der Waals surface area contributed by atoms with E-state index in [9.17, 15) is 0 Å². The molecule has 120 valence electrons. The van der Waals surface area contributed by atoms with E-state index in [1.807, 2.05) is 6.92 Å². The minimum absolute atomic E-state index is 0.310. The number of piperidine rings is 1. The highest BCUT2D eigenvalue weighted by Crippen LogP contribution is 2.33. The fraction of sp³-hybridized carbons (Fsp3) is 0.562. The van der Waals surface area contributed by atoms with Crippen LogP contribution in [0, 0.1) is 0 Å². The van der Waals surface area contributed by atoms with E-state index in [4.69, 9.17) is 26.4 Å². The molecular formula is C16H21NO3S2. The zero-order chi connectivity index (χ0) is 15.4. The van der Waals surface area contributed by atoms with Crippen LogP contribution in [-0.4, -0.2) is 43.1 Å². The van der Waals surface area contributed by atoms with Gasteiger partial charge in [-0.15, -0.1) is 0 Å². The Hall–Kier alpha value is -0.820. The molecule has 0 amide bonds. The standard InChI is InChI=1S/C16H21NO3S2/c1-2-18-15(21)22-14-5-3-13(4-6-14)17-9-7-16(8-10-17)19-11-12-20-16/h3-6H,2,7-12H2,1H3. The summed E-state index contributed by atoms with van der Waals surface area (Å²) < 4.78 is 17.4. The minimum Gasteiger partial charge on any atom is -0.479 e. The van der Waals surface area contributed by atoms with Crippen molar-refractivity contribution in [1.29, 1.82) is 0 Å². The lowest BCUT2D eigenvalue weighted by Crippen LogP contribution is -2.45. The Labute approximate surface area is 141 Å². The van der Waals surface area contributed by atoms with Crippen LogP contribution >= 0.6 is 24.0 Å². The normalized spacial score (nSPS) is 20.3. The summed E-state index contributed by atoms with van der Waals surface area (Å²) >= 11 is 6.64. The van der Waals surface area contributed by atoms with Crippen molar-refractivity contribution in [1.82, 2.24) is 0 Å². The SMILES string of the molecule is CCOC(=S)Sc1ccc(N2CCC3(CC2)OCCO3)cc1. The van der Waals surface area contributed by atoms with E-state index >= 15 is 0 Å². The van der Waals surface area contributed by atoms with Gasteiger partial charge in [0, 0.05) is 36.5 Å². The van der Waals surface area contributed by atoms with Crippen LogP contribution in [0.5, 0.6) is 0 Å². The Bertz CT molecular complexity index is 505. The van der Waals surface area contributed by atoms with E-state index in [0.29, 0.717) is 11.0 Å². The third-order valence-corrected chi connectivity index (χ3v) is 5.16. The van der Waals surface area contributed by atoms with Crippen molar-refractivity contribution < 1.29 is 14.2 Å².